The molecule has 1 aromatic carbocycles. The average molecular weight is 288 g/mol. The van der Waals surface area contributed by atoms with Crippen LogP contribution in [0.4, 0.5) is 0 Å². The van der Waals surface area contributed by atoms with Crippen LogP contribution < -0.4 is 5.32 Å². The van der Waals surface area contributed by atoms with E-state index in [9.17, 15) is 4.79 Å². The Morgan fingerprint density at radius 3 is 2.71 bits per heavy atom. The van der Waals surface area contributed by atoms with Gasteiger partial charge in [-0.1, -0.05) is 44.0 Å². The second-order valence-electron chi connectivity index (χ2n) is 6.53. The van der Waals surface area contributed by atoms with Crippen molar-refractivity contribution in [3.05, 3.63) is 35.4 Å². The molecule has 3 heteroatoms. The number of amides is 1. The first-order chi connectivity index (χ1) is 10.1. The second kappa shape index (κ2) is 7.60. The van der Waals surface area contributed by atoms with Crippen LogP contribution in [0.1, 0.15) is 43.7 Å². The number of hydrogen-bond donors (Lipinski definition) is 1. The van der Waals surface area contributed by atoms with Gasteiger partial charge in [0.1, 0.15) is 0 Å². The summed E-state index contributed by atoms with van der Waals surface area (Å²) in [5.74, 6) is 0.772. The topological polar surface area (TPSA) is 32.3 Å². The SMILES string of the molecule is Cc1ccccc1CN(C)CC(=O)N[C@@H]1CCCC[C@@H]1C. The van der Waals surface area contributed by atoms with E-state index in [1.807, 2.05) is 7.05 Å². The van der Waals surface area contributed by atoms with Gasteiger partial charge in [-0.05, 0) is 43.9 Å². The molecule has 1 aromatic rings. The van der Waals surface area contributed by atoms with Crippen LogP contribution >= 0.6 is 0 Å². The zero-order valence-corrected chi connectivity index (χ0v) is 13.6. The number of nitrogens with one attached hydrogen (secondary N) is 1. The molecule has 1 aliphatic rings. The largest absolute Gasteiger partial charge is 0.352 e. The first-order valence-corrected chi connectivity index (χ1v) is 8.08. The van der Waals surface area contributed by atoms with Gasteiger partial charge in [-0.15, -0.1) is 0 Å². The first-order valence-electron chi connectivity index (χ1n) is 8.08. The van der Waals surface area contributed by atoms with E-state index in [-0.39, 0.29) is 5.91 Å². The molecule has 1 aliphatic carbocycles. The van der Waals surface area contributed by atoms with E-state index >= 15 is 0 Å². The lowest BCUT2D eigenvalue weighted by molar-refractivity contribution is -0.123. The Morgan fingerprint density at radius 1 is 1.29 bits per heavy atom. The molecule has 0 aliphatic heterocycles. The Bertz CT molecular complexity index is 472. The van der Waals surface area contributed by atoms with Crippen LogP contribution in [0, 0.1) is 12.8 Å². The lowest BCUT2D eigenvalue weighted by atomic mass is 9.86. The monoisotopic (exact) mass is 288 g/mol. The number of carbonyl (C=O) groups is 1. The number of nitrogens with zero attached hydrogens (tertiary/aromatic N) is 1. The summed E-state index contributed by atoms with van der Waals surface area (Å²) in [6.45, 7) is 5.66. The van der Waals surface area contributed by atoms with Crippen molar-refractivity contribution in [3.63, 3.8) is 0 Å². The summed E-state index contributed by atoms with van der Waals surface area (Å²) in [7, 11) is 2.01. The predicted octanol–water partition coefficient (Wildman–Crippen LogP) is 3.12. The number of likely N-dealkylation sites (N-methyl/N-ethyl adjacent to an activating group) is 1. The van der Waals surface area contributed by atoms with Gasteiger partial charge in [-0.2, -0.15) is 0 Å². The minimum Gasteiger partial charge on any atom is -0.352 e. The lowest BCUT2D eigenvalue weighted by Crippen LogP contribution is -2.44. The molecule has 1 N–H and O–H groups in total. The third-order valence-corrected chi connectivity index (χ3v) is 4.57. The molecule has 1 amide bonds. The zero-order valence-electron chi connectivity index (χ0n) is 13.6. The Labute approximate surface area is 128 Å². The molecule has 0 saturated heterocycles. The maximum absolute atomic E-state index is 12.2. The van der Waals surface area contributed by atoms with Crippen LogP contribution in [0.5, 0.6) is 0 Å². The summed E-state index contributed by atoms with van der Waals surface area (Å²) in [5, 5.41) is 3.22. The normalized spacial score (nSPS) is 22.3. The molecule has 0 radical (unpaired) electrons. The van der Waals surface area contributed by atoms with Crippen molar-refractivity contribution in [2.24, 2.45) is 5.92 Å². The molecule has 1 saturated carbocycles. The highest BCUT2D eigenvalue weighted by Gasteiger charge is 2.23. The fraction of sp³-hybridized carbons (Fsp3) is 0.611. The van der Waals surface area contributed by atoms with Crippen molar-refractivity contribution >= 4 is 5.91 Å². The average Bonchev–Trinajstić information content (AvgIpc) is 2.44. The summed E-state index contributed by atoms with van der Waals surface area (Å²) < 4.78 is 0. The van der Waals surface area contributed by atoms with E-state index in [4.69, 9.17) is 0 Å². The minimum atomic E-state index is 0.157. The van der Waals surface area contributed by atoms with Crippen LogP contribution in [-0.4, -0.2) is 30.4 Å². The summed E-state index contributed by atoms with van der Waals surface area (Å²) in [5.41, 5.74) is 2.57. The highest BCUT2D eigenvalue weighted by Crippen LogP contribution is 2.23. The van der Waals surface area contributed by atoms with Crippen molar-refractivity contribution in [2.75, 3.05) is 13.6 Å². The number of aryl methyl sites for hydroxylation is 1. The molecule has 0 spiro atoms. The van der Waals surface area contributed by atoms with Gasteiger partial charge in [-0.25, -0.2) is 0 Å². The first kappa shape index (κ1) is 16.0. The van der Waals surface area contributed by atoms with Crippen molar-refractivity contribution in [3.8, 4) is 0 Å². The van der Waals surface area contributed by atoms with Crippen LogP contribution in [0.2, 0.25) is 0 Å². The number of benzene rings is 1. The summed E-state index contributed by atoms with van der Waals surface area (Å²) in [4.78, 5) is 14.3. The van der Waals surface area contributed by atoms with E-state index < -0.39 is 0 Å². The predicted molar refractivity (Wildman–Crippen MR) is 87.1 cm³/mol. The fourth-order valence-electron chi connectivity index (χ4n) is 3.16. The molecule has 21 heavy (non-hydrogen) atoms. The lowest BCUT2D eigenvalue weighted by Gasteiger charge is -2.30. The van der Waals surface area contributed by atoms with Gasteiger partial charge in [0.15, 0.2) is 0 Å². The number of rotatable bonds is 5. The molecule has 2 atom stereocenters. The van der Waals surface area contributed by atoms with Crippen molar-refractivity contribution in [2.45, 2.75) is 52.1 Å². The second-order valence-corrected chi connectivity index (χ2v) is 6.53. The zero-order chi connectivity index (χ0) is 15.2. The summed E-state index contributed by atoms with van der Waals surface area (Å²) >= 11 is 0. The molecule has 3 nitrogen and oxygen atoms in total. The maximum atomic E-state index is 12.2. The summed E-state index contributed by atoms with van der Waals surface area (Å²) in [6.07, 6.45) is 4.92. The Morgan fingerprint density at radius 2 is 2.00 bits per heavy atom. The van der Waals surface area contributed by atoms with Crippen LogP contribution in [-0.2, 0) is 11.3 Å². The van der Waals surface area contributed by atoms with Gasteiger partial charge >= 0.3 is 0 Å². The van der Waals surface area contributed by atoms with Gasteiger partial charge < -0.3 is 5.32 Å². The molecule has 0 heterocycles. The molecule has 0 bridgehead atoms. The van der Waals surface area contributed by atoms with Crippen molar-refractivity contribution < 1.29 is 4.79 Å². The fourth-order valence-corrected chi connectivity index (χ4v) is 3.16. The smallest absolute Gasteiger partial charge is 0.234 e. The van der Waals surface area contributed by atoms with Gasteiger partial charge in [0.25, 0.3) is 0 Å². The molecule has 116 valence electrons. The van der Waals surface area contributed by atoms with E-state index in [0.29, 0.717) is 18.5 Å². The van der Waals surface area contributed by atoms with E-state index in [1.165, 1.54) is 30.4 Å². The van der Waals surface area contributed by atoms with Crippen molar-refractivity contribution in [1.29, 1.82) is 0 Å². The molecular weight excluding hydrogens is 260 g/mol. The van der Waals surface area contributed by atoms with Gasteiger partial charge in [0, 0.05) is 12.6 Å². The number of hydrogen-bond acceptors (Lipinski definition) is 2. The van der Waals surface area contributed by atoms with Gasteiger partial charge in [0.2, 0.25) is 5.91 Å². The Balaban J connectivity index is 1.80. The molecule has 1 fully saturated rings. The maximum Gasteiger partial charge on any atom is 0.234 e. The summed E-state index contributed by atoms with van der Waals surface area (Å²) in [6, 6.07) is 8.73. The van der Waals surface area contributed by atoms with E-state index in [1.54, 1.807) is 0 Å². The molecule has 0 aromatic heterocycles. The Kier molecular flexibility index (Phi) is 5.80. The standard InChI is InChI=1S/C18H28N2O/c1-14-8-4-6-10-16(14)12-20(3)13-18(21)19-17-11-7-5-9-15(17)2/h4,6,8,10,15,17H,5,7,9,11-13H2,1-3H3,(H,19,21)/t15-,17+/m0/s1. The van der Waals surface area contributed by atoms with Crippen molar-refractivity contribution in [1.82, 2.24) is 10.2 Å². The van der Waals surface area contributed by atoms with E-state index in [2.05, 4.69) is 48.3 Å². The minimum absolute atomic E-state index is 0.157. The van der Waals surface area contributed by atoms with E-state index in [0.717, 1.165) is 13.0 Å². The van der Waals surface area contributed by atoms with Crippen LogP contribution in [0.15, 0.2) is 24.3 Å². The van der Waals surface area contributed by atoms with Crippen LogP contribution in [0.3, 0.4) is 0 Å². The third kappa shape index (κ3) is 4.85. The quantitative estimate of drug-likeness (QED) is 0.903. The highest BCUT2D eigenvalue weighted by molar-refractivity contribution is 5.78. The third-order valence-electron chi connectivity index (χ3n) is 4.57. The van der Waals surface area contributed by atoms with Gasteiger partial charge in [0.05, 0.1) is 6.54 Å². The highest BCUT2D eigenvalue weighted by atomic mass is 16.2. The number of carbonyl (C=O) groups excluding carboxylic acids is 1. The van der Waals surface area contributed by atoms with Gasteiger partial charge in [-0.3, -0.25) is 9.69 Å². The molecular formula is C18H28N2O. The van der Waals surface area contributed by atoms with Crippen LogP contribution in [0.25, 0.3) is 0 Å². The molecule has 2 rings (SSSR count). The molecule has 0 unspecified atom stereocenters. The Hall–Kier alpha value is -1.35.